The van der Waals surface area contributed by atoms with Crippen molar-refractivity contribution in [3.63, 3.8) is 0 Å². The van der Waals surface area contributed by atoms with Crippen LogP contribution >= 0.6 is 40.7 Å². The molecule has 7 heteroatoms. The number of likely N-dealkylation sites (tertiary alicyclic amines) is 1. The van der Waals surface area contributed by atoms with Crippen LogP contribution in [0.2, 0.25) is 0 Å². The Bertz CT molecular complexity index is 536. The summed E-state index contributed by atoms with van der Waals surface area (Å²) in [5.41, 5.74) is 7.25. The van der Waals surface area contributed by atoms with Gasteiger partial charge in [0.05, 0.1) is 0 Å². The standard InChI is InChI=1S/C18H26BrN3O.2ClH/c19-15-4-1-13(2-5-15)12-22-9-7-17(8-10-22)21-18(23)14-3-6-16(20)11-14;;/h1-2,4-5,14,16-17H,3,6-12,20H2,(H,21,23);2*1H. The van der Waals surface area contributed by atoms with Crippen molar-refractivity contribution in [1.82, 2.24) is 10.2 Å². The summed E-state index contributed by atoms with van der Waals surface area (Å²) in [4.78, 5) is 14.7. The second-order valence-electron chi connectivity index (χ2n) is 6.96. The van der Waals surface area contributed by atoms with E-state index in [0.29, 0.717) is 6.04 Å². The summed E-state index contributed by atoms with van der Waals surface area (Å²) in [5.74, 6) is 0.370. The molecule has 3 N–H and O–H groups in total. The molecule has 2 fully saturated rings. The molecule has 1 aromatic rings. The topological polar surface area (TPSA) is 58.4 Å². The molecule has 1 aliphatic carbocycles. The number of hydrogen-bond acceptors (Lipinski definition) is 3. The molecule has 0 radical (unpaired) electrons. The third kappa shape index (κ3) is 6.72. The van der Waals surface area contributed by atoms with E-state index in [1.807, 2.05) is 0 Å². The maximum absolute atomic E-state index is 12.3. The van der Waals surface area contributed by atoms with E-state index < -0.39 is 0 Å². The van der Waals surface area contributed by atoms with Gasteiger partial charge in [0.25, 0.3) is 0 Å². The van der Waals surface area contributed by atoms with Crippen LogP contribution in [-0.2, 0) is 11.3 Å². The van der Waals surface area contributed by atoms with Gasteiger partial charge in [-0.15, -0.1) is 24.8 Å². The number of piperidine rings is 1. The van der Waals surface area contributed by atoms with Crippen LogP contribution in [0.3, 0.4) is 0 Å². The second kappa shape index (κ2) is 10.7. The van der Waals surface area contributed by atoms with Crippen LogP contribution in [0, 0.1) is 5.92 Å². The van der Waals surface area contributed by atoms with E-state index in [9.17, 15) is 4.79 Å². The fourth-order valence-corrected chi connectivity index (χ4v) is 3.92. The zero-order valence-corrected chi connectivity index (χ0v) is 17.5. The summed E-state index contributed by atoms with van der Waals surface area (Å²) in [6, 6.07) is 9.07. The van der Waals surface area contributed by atoms with Crippen LogP contribution in [0.4, 0.5) is 0 Å². The first-order valence-electron chi connectivity index (χ1n) is 8.63. The number of amides is 1. The molecule has 0 bridgehead atoms. The SMILES string of the molecule is Cl.Cl.NC1CCC(C(=O)NC2CCN(Cc3ccc(Br)cc3)CC2)C1. The smallest absolute Gasteiger partial charge is 0.223 e. The van der Waals surface area contributed by atoms with E-state index in [-0.39, 0.29) is 42.7 Å². The summed E-state index contributed by atoms with van der Waals surface area (Å²) >= 11 is 3.47. The maximum atomic E-state index is 12.3. The van der Waals surface area contributed by atoms with Crippen LogP contribution in [0.5, 0.6) is 0 Å². The zero-order chi connectivity index (χ0) is 16.2. The normalized spacial score (nSPS) is 24.2. The number of benzene rings is 1. The first-order chi connectivity index (χ1) is 11.1. The Kier molecular flexibility index (Phi) is 9.75. The van der Waals surface area contributed by atoms with Gasteiger partial charge in [-0.3, -0.25) is 9.69 Å². The highest BCUT2D eigenvalue weighted by Gasteiger charge is 2.29. The summed E-state index contributed by atoms with van der Waals surface area (Å²) in [5, 5.41) is 3.25. The summed E-state index contributed by atoms with van der Waals surface area (Å²) < 4.78 is 1.12. The van der Waals surface area contributed by atoms with Gasteiger partial charge in [-0.2, -0.15) is 0 Å². The maximum Gasteiger partial charge on any atom is 0.223 e. The largest absolute Gasteiger partial charge is 0.353 e. The molecular formula is C18H28BrCl2N3O. The van der Waals surface area contributed by atoms with Crippen molar-refractivity contribution in [2.24, 2.45) is 11.7 Å². The van der Waals surface area contributed by atoms with Gasteiger partial charge in [0.1, 0.15) is 0 Å². The first kappa shape index (κ1) is 22.7. The summed E-state index contributed by atoms with van der Waals surface area (Å²) in [7, 11) is 0. The average molecular weight is 453 g/mol. The Morgan fingerprint density at radius 3 is 2.32 bits per heavy atom. The second-order valence-corrected chi connectivity index (χ2v) is 7.87. The zero-order valence-electron chi connectivity index (χ0n) is 14.3. The Hall–Kier alpha value is -0.330. The van der Waals surface area contributed by atoms with Crippen molar-refractivity contribution in [3.8, 4) is 0 Å². The number of carbonyl (C=O) groups is 1. The highest BCUT2D eigenvalue weighted by molar-refractivity contribution is 9.10. The number of nitrogens with zero attached hydrogens (tertiary/aromatic N) is 1. The molecule has 1 saturated carbocycles. The molecule has 1 saturated heterocycles. The van der Waals surface area contributed by atoms with Crippen molar-refractivity contribution in [1.29, 1.82) is 0 Å². The van der Waals surface area contributed by atoms with Crippen LogP contribution in [-0.4, -0.2) is 36.0 Å². The Morgan fingerprint density at radius 1 is 1.12 bits per heavy atom. The van der Waals surface area contributed by atoms with Gasteiger partial charge in [-0.1, -0.05) is 28.1 Å². The van der Waals surface area contributed by atoms with Crippen molar-refractivity contribution in [2.75, 3.05) is 13.1 Å². The van der Waals surface area contributed by atoms with Gasteiger partial charge in [-0.05, 0) is 49.8 Å². The van der Waals surface area contributed by atoms with Crippen LogP contribution in [0.1, 0.15) is 37.7 Å². The molecule has 25 heavy (non-hydrogen) atoms. The average Bonchev–Trinajstić information content (AvgIpc) is 2.98. The van der Waals surface area contributed by atoms with Gasteiger partial charge >= 0.3 is 0 Å². The van der Waals surface area contributed by atoms with Gasteiger partial charge in [0.2, 0.25) is 5.91 Å². The number of nitrogens with one attached hydrogen (secondary N) is 1. The number of nitrogens with two attached hydrogens (primary N) is 1. The Labute approximate surface area is 171 Å². The minimum atomic E-state index is 0. The monoisotopic (exact) mass is 451 g/mol. The van der Waals surface area contributed by atoms with Gasteiger partial charge < -0.3 is 11.1 Å². The number of halogens is 3. The molecular weight excluding hydrogens is 425 g/mol. The first-order valence-corrected chi connectivity index (χ1v) is 9.42. The quantitative estimate of drug-likeness (QED) is 0.734. The molecule has 1 aromatic carbocycles. The highest BCUT2D eigenvalue weighted by Crippen LogP contribution is 2.25. The fourth-order valence-electron chi connectivity index (χ4n) is 3.66. The van der Waals surface area contributed by atoms with E-state index in [2.05, 4.69) is 50.4 Å². The van der Waals surface area contributed by atoms with E-state index >= 15 is 0 Å². The van der Waals surface area contributed by atoms with Crippen LogP contribution in [0.25, 0.3) is 0 Å². The molecule has 0 aromatic heterocycles. The molecule has 1 heterocycles. The van der Waals surface area contributed by atoms with Gasteiger partial charge in [0, 0.05) is 42.1 Å². The van der Waals surface area contributed by atoms with Crippen LogP contribution < -0.4 is 11.1 Å². The molecule has 2 atom stereocenters. The molecule has 2 aliphatic rings. The lowest BCUT2D eigenvalue weighted by molar-refractivity contribution is -0.125. The lowest BCUT2D eigenvalue weighted by Gasteiger charge is -2.33. The van der Waals surface area contributed by atoms with Crippen molar-refractivity contribution >= 4 is 46.7 Å². The lowest BCUT2D eigenvalue weighted by Crippen LogP contribution is -2.46. The van der Waals surface area contributed by atoms with Gasteiger partial charge in [0.15, 0.2) is 0 Å². The van der Waals surface area contributed by atoms with E-state index in [4.69, 9.17) is 5.73 Å². The Morgan fingerprint density at radius 2 is 1.76 bits per heavy atom. The van der Waals surface area contributed by atoms with Gasteiger partial charge in [-0.25, -0.2) is 0 Å². The number of rotatable bonds is 4. The van der Waals surface area contributed by atoms with Crippen molar-refractivity contribution < 1.29 is 4.79 Å². The fraction of sp³-hybridized carbons (Fsp3) is 0.611. The number of carbonyl (C=O) groups excluding carboxylic acids is 1. The molecule has 2 unspecified atom stereocenters. The van der Waals surface area contributed by atoms with Crippen molar-refractivity contribution in [3.05, 3.63) is 34.3 Å². The predicted octanol–water partition coefficient (Wildman–Crippen LogP) is 3.50. The minimum absolute atomic E-state index is 0. The molecule has 142 valence electrons. The highest BCUT2D eigenvalue weighted by atomic mass is 79.9. The third-order valence-corrected chi connectivity index (χ3v) is 5.63. The lowest BCUT2D eigenvalue weighted by atomic mass is 10.0. The molecule has 1 aliphatic heterocycles. The number of hydrogen-bond donors (Lipinski definition) is 2. The molecule has 1 amide bonds. The minimum Gasteiger partial charge on any atom is -0.353 e. The van der Waals surface area contributed by atoms with Crippen molar-refractivity contribution in [2.45, 2.75) is 50.7 Å². The summed E-state index contributed by atoms with van der Waals surface area (Å²) in [6.07, 6.45) is 4.88. The van der Waals surface area contributed by atoms with E-state index in [1.165, 1.54) is 5.56 Å². The summed E-state index contributed by atoms with van der Waals surface area (Å²) in [6.45, 7) is 3.09. The van der Waals surface area contributed by atoms with E-state index in [0.717, 1.165) is 56.2 Å². The van der Waals surface area contributed by atoms with E-state index in [1.54, 1.807) is 0 Å². The molecule has 3 rings (SSSR count). The van der Waals surface area contributed by atoms with Crippen LogP contribution in [0.15, 0.2) is 28.7 Å². The molecule has 4 nitrogen and oxygen atoms in total. The Balaban J connectivity index is 0.00000156. The molecule has 0 spiro atoms. The third-order valence-electron chi connectivity index (χ3n) is 5.10. The predicted molar refractivity (Wildman–Crippen MR) is 110 cm³/mol.